The molecule has 0 spiro atoms. The summed E-state index contributed by atoms with van der Waals surface area (Å²) in [5.41, 5.74) is 26.5. The van der Waals surface area contributed by atoms with Gasteiger partial charge in [-0.25, -0.2) is 9.59 Å². The van der Waals surface area contributed by atoms with Crippen LogP contribution in [0.2, 0.25) is 0 Å². The van der Waals surface area contributed by atoms with Gasteiger partial charge in [-0.1, -0.05) is 72.8 Å². The number of hydrogen-bond donors (Lipinski definition) is 14. The number of fused-ring (bicyclic) bond motifs is 4. The molecule has 488 valence electrons. The van der Waals surface area contributed by atoms with Crippen molar-refractivity contribution in [3.63, 3.8) is 0 Å². The number of esters is 3. The summed E-state index contributed by atoms with van der Waals surface area (Å²) in [6, 6.07) is 25.4. The van der Waals surface area contributed by atoms with E-state index in [1.54, 1.807) is 23.6 Å². The number of aliphatic carboxylic acids is 1. The summed E-state index contributed by atoms with van der Waals surface area (Å²) in [4.78, 5) is 115. The number of carboxylic acids is 1. The second-order valence-electron chi connectivity index (χ2n) is 22.0. The van der Waals surface area contributed by atoms with Crippen LogP contribution in [0.4, 0.5) is 8.78 Å². The lowest BCUT2D eigenvalue weighted by atomic mass is 10.0. The molecule has 0 bridgehead atoms. The molecule has 0 radical (unpaired) electrons. The number of halogens is 2. The Bertz CT molecular complexity index is 4590. The zero-order chi connectivity index (χ0) is 66.4. The maximum Gasteiger partial charge on any atom is 0.330 e. The van der Waals surface area contributed by atoms with Crippen molar-refractivity contribution in [2.24, 2.45) is 22.9 Å². The normalized spacial score (nSPS) is 20.7. The van der Waals surface area contributed by atoms with Gasteiger partial charge in [-0.3, -0.25) is 47.9 Å². The maximum absolute atomic E-state index is 14.8. The third-order valence-corrected chi connectivity index (χ3v) is 15.8. The lowest BCUT2D eigenvalue weighted by Crippen LogP contribution is -2.48. The van der Waals surface area contributed by atoms with Crippen LogP contribution >= 0.6 is 0 Å². The SMILES string of the molecule is NC(Cc1c[nH]c2ccccc12)C(=O)O.NC(Cc1c[nH]c2ccccc12)C(=O)OC[C@H]1O[C@@H](n2cc(F)c(=O)[nH]c2=O)C(OC(=O)C(N)Cc2c[nH]c3ccccc23)[C@H]1OC(=O)C(N)Cc1c[nH]c2ccccc12.O=c1[nH]c(=O)n([C@@H]2O[C@H](CO)[C@H](O)C2O)cc1F. The van der Waals surface area contributed by atoms with Gasteiger partial charge in [0.15, 0.2) is 24.7 Å². The fourth-order valence-electron chi connectivity index (χ4n) is 10.9. The lowest BCUT2D eigenvalue weighted by Gasteiger charge is -2.27. The van der Waals surface area contributed by atoms with Crippen molar-refractivity contribution in [3.8, 4) is 0 Å². The molecule has 4 aromatic carbocycles. The second-order valence-corrected chi connectivity index (χ2v) is 22.0. The van der Waals surface area contributed by atoms with E-state index in [2.05, 4.69) is 19.9 Å². The number of aromatic amines is 6. The average Bonchev–Trinajstić information content (AvgIpc) is 1.89. The van der Waals surface area contributed by atoms with Gasteiger partial charge in [-0.2, -0.15) is 8.78 Å². The van der Waals surface area contributed by atoms with Gasteiger partial charge in [-0.15, -0.1) is 0 Å². The Morgan fingerprint density at radius 3 is 1.25 bits per heavy atom. The number of rotatable bonds is 19. The molecule has 0 amide bonds. The molecule has 6 unspecified atom stereocenters. The first-order chi connectivity index (χ1) is 44.6. The number of aromatic nitrogens is 8. The molecule has 29 nitrogen and oxygen atoms in total. The zero-order valence-corrected chi connectivity index (χ0v) is 48.9. The largest absolute Gasteiger partial charge is 0.480 e. The first-order valence-corrected chi connectivity index (χ1v) is 28.9. The van der Waals surface area contributed by atoms with Crippen molar-refractivity contribution < 1.29 is 72.1 Å². The van der Waals surface area contributed by atoms with Crippen LogP contribution in [-0.2, 0) is 68.5 Å². The van der Waals surface area contributed by atoms with Crippen LogP contribution in [0.15, 0.2) is 153 Å². The number of para-hydroxylation sites is 4. The van der Waals surface area contributed by atoms with Crippen molar-refractivity contribution in [2.75, 3.05) is 13.2 Å². The molecule has 2 saturated heterocycles. The Kier molecular flexibility index (Phi) is 20.2. The van der Waals surface area contributed by atoms with E-state index < -0.39 is 144 Å². The molecule has 2 aliphatic rings. The third-order valence-electron chi connectivity index (χ3n) is 15.8. The van der Waals surface area contributed by atoms with E-state index in [9.17, 15) is 57.4 Å². The Labute approximate surface area is 521 Å². The average molecular weight is 1290 g/mol. The van der Waals surface area contributed by atoms with Gasteiger partial charge in [-0.05, 0) is 46.5 Å². The summed E-state index contributed by atoms with van der Waals surface area (Å²) >= 11 is 0. The van der Waals surface area contributed by atoms with E-state index in [0.29, 0.717) is 39.1 Å². The van der Waals surface area contributed by atoms with Crippen molar-refractivity contribution in [2.45, 2.75) is 98.9 Å². The minimum absolute atomic E-state index is 0.00360. The van der Waals surface area contributed by atoms with Gasteiger partial charge < -0.3 is 87.0 Å². The summed E-state index contributed by atoms with van der Waals surface area (Å²) in [5, 5.41) is 40.3. The quantitative estimate of drug-likeness (QED) is 0.0387. The molecular weight excluding hydrogens is 1220 g/mol. The number of hydrogen-bond acceptors (Lipinski definition) is 20. The number of nitrogens with zero attached hydrogens (tertiary/aromatic N) is 2. The van der Waals surface area contributed by atoms with Crippen molar-refractivity contribution in [1.29, 1.82) is 0 Å². The summed E-state index contributed by atoms with van der Waals surface area (Å²) in [7, 11) is 0. The predicted molar refractivity (Wildman–Crippen MR) is 328 cm³/mol. The fraction of sp³-hybridized carbons (Fsp3) is 0.290. The summed E-state index contributed by atoms with van der Waals surface area (Å²) in [6.45, 7) is -1.21. The monoisotopic (exact) mass is 1290 g/mol. The molecule has 31 heteroatoms. The number of carbonyl (C=O) groups is 4. The van der Waals surface area contributed by atoms with Gasteiger partial charge in [0.2, 0.25) is 11.6 Å². The molecule has 0 saturated carbocycles. The van der Waals surface area contributed by atoms with Gasteiger partial charge in [0.05, 0.1) is 19.0 Å². The van der Waals surface area contributed by atoms with Gasteiger partial charge in [0.1, 0.15) is 55.2 Å². The van der Waals surface area contributed by atoms with Crippen molar-refractivity contribution >= 4 is 67.5 Å². The van der Waals surface area contributed by atoms with Crippen LogP contribution in [0, 0.1) is 11.6 Å². The van der Waals surface area contributed by atoms with Crippen LogP contribution in [-0.4, -0.2) is 157 Å². The molecule has 12 atom stereocenters. The number of aliphatic hydroxyl groups is 3. The minimum Gasteiger partial charge on any atom is -0.480 e. The summed E-state index contributed by atoms with van der Waals surface area (Å²) in [5.74, 6) is -6.39. The molecule has 6 aromatic heterocycles. The highest BCUT2D eigenvalue weighted by Gasteiger charge is 2.52. The number of carbonyl (C=O) groups excluding carboxylic acids is 3. The zero-order valence-electron chi connectivity index (χ0n) is 48.9. The molecule has 18 N–H and O–H groups in total. The molecule has 2 fully saturated rings. The van der Waals surface area contributed by atoms with E-state index >= 15 is 0 Å². The number of nitrogens with one attached hydrogen (secondary N) is 6. The number of ether oxygens (including phenoxy) is 5. The standard InChI is InChI=1S/C42H41FN8O9.C11H12N2O2.C9H11FN2O6/c43-27-19-51(42(56)50-37(27)52)38-36(60-41(55)30(46)15-23-18-49-33-12-6-3-9-26(23)33)35(59-40(54)29(45)14-22-17-48-32-11-5-2-8-25(22)32)34(58-38)20-57-39(53)28(44)13-21-16-47-31-10-4-1-7-24(21)31;12-9(11(14)15)5-7-6-13-10-4-2-1-3-8(7)10;10-3-1-12(9(17)11-7(3)16)8-6(15)5(14)4(2-13)18-8/h1-12,16-19,28-30,34-36,38,47-49H,13-15,20,44-46H2,(H,50,52,56);1-4,6,9,13H,5,12H2,(H,14,15);1,4-6,8,13-15H,2H2,(H,11,16,17)/t28?,29?,30?,34-,35+,36?,38-;;4-,5+,6?,8-/m1.1/s1. The van der Waals surface area contributed by atoms with Gasteiger partial charge >= 0.3 is 35.3 Å². The van der Waals surface area contributed by atoms with Crippen molar-refractivity contribution in [1.82, 2.24) is 39.0 Å². The minimum atomic E-state index is -1.74. The highest BCUT2D eigenvalue weighted by Crippen LogP contribution is 2.35. The Balaban J connectivity index is 0.000000231. The highest BCUT2D eigenvalue weighted by atomic mass is 19.1. The van der Waals surface area contributed by atoms with Crippen LogP contribution in [0.3, 0.4) is 0 Å². The first kappa shape index (κ1) is 65.7. The topological polar surface area (TPSA) is 472 Å². The highest BCUT2D eigenvalue weighted by molar-refractivity contribution is 5.87. The van der Waals surface area contributed by atoms with Crippen LogP contribution in [0.1, 0.15) is 34.7 Å². The van der Waals surface area contributed by atoms with Crippen LogP contribution in [0.5, 0.6) is 0 Å². The molecule has 12 rings (SSSR count). The van der Waals surface area contributed by atoms with Crippen molar-refractivity contribution in [3.05, 3.63) is 210 Å². The van der Waals surface area contributed by atoms with Crippen LogP contribution < -0.4 is 45.4 Å². The number of aliphatic hydroxyl groups excluding tert-OH is 3. The van der Waals surface area contributed by atoms with E-state index in [-0.39, 0.29) is 19.3 Å². The Morgan fingerprint density at radius 1 is 0.505 bits per heavy atom. The molecular formula is C62H64F2N12O17. The molecule has 10 aromatic rings. The predicted octanol–water partition coefficient (Wildman–Crippen LogP) is 0.503. The molecule has 8 heterocycles. The third kappa shape index (κ3) is 14.6. The maximum atomic E-state index is 14.8. The number of carboxylic acid groups (broad SMARTS) is 1. The fourth-order valence-corrected chi connectivity index (χ4v) is 10.9. The first-order valence-electron chi connectivity index (χ1n) is 28.9. The second kappa shape index (κ2) is 28.5. The molecule has 0 aliphatic carbocycles. The van der Waals surface area contributed by atoms with E-state index in [1.165, 1.54) is 0 Å². The van der Waals surface area contributed by atoms with E-state index in [1.807, 2.05) is 108 Å². The Morgan fingerprint density at radius 2 is 0.860 bits per heavy atom. The Hall–Kier alpha value is -10.2. The number of H-pyrrole nitrogens is 6. The number of nitrogens with two attached hydrogens (primary N) is 4. The molecule has 2 aliphatic heterocycles. The van der Waals surface area contributed by atoms with E-state index in [4.69, 9.17) is 56.8 Å². The summed E-state index contributed by atoms with van der Waals surface area (Å²) < 4.78 is 57.7. The van der Waals surface area contributed by atoms with Gasteiger partial charge in [0.25, 0.3) is 11.1 Å². The van der Waals surface area contributed by atoms with Crippen LogP contribution in [0.25, 0.3) is 43.6 Å². The summed E-state index contributed by atoms with van der Waals surface area (Å²) in [6.07, 6.45) is -3.37. The number of benzene rings is 4. The lowest BCUT2D eigenvalue weighted by molar-refractivity contribution is -0.171. The van der Waals surface area contributed by atoms with E-state index in [0.717, 1.165) is 54.7 Å². The smallest absolute Gasteiger partial charge is 0.330 e. The molecule has 93 heavy (non-hydrogen) atoms. The van der Waals surface area contributed by atoms with Gasteiger partial charge in [0, 0.05) is 94.1 Å².